The molecule has 92 valence electrons. The fourth-order valence-electron chi connectivity index (χ4n) is 1.93. The molecule has 0 aromatic rings. The van der Waals surface area contributed by atoms with Crippen molar-refractivity contribution in [3.05, 3.63) is 10.1 Å². The number of amides is 1. The van der Waals surface area contributed by atoms with Gasteiger partial charge in [0.15, 0.2) is 5.03 Å². The maximum atomic E-state index is 11.6. The summed E-state index contributed by atoms with van der Waals surface area (Å²) in [4.78, 5) is 22.4. The number of hydrazine groups is 1. The molecule has 0 unspecified atom stereocenters. The number of hydrogen-bond acceptors (Lipinski definition) is 4. The van der Waals surface area contributed by atoms with Gasteiger partial charge in [-0.15, -0.1) is 0 Å². The van der Waals surface area contributed by atoms with Crippen molar-refractivity contribution < 1.29 is 14.6 Å². The van der Waals surface area contributed by atoms with Crippen LogP contribution < -0.4 is 0 Å². The SMILES string of the molecule is CC(C)OC(=O)N(C1CCCCC1)[N+](=O)[O-]. The lowest BCUT2D eigenvalue weighted by molar-refractivity contribution is -0.644. The first kappa shape index (κ1) is 12.7. The summed E-state index contributed by atoms with van der Waals surface area (Å²) < 4.78 is 4.87. The summed E-state index contributed by atoms with van der Waals surface area (Å²) >= 11 is 0. The molecule has 0 saturated heterocycles. The van der Waals surface area contributed by atoms with Gasteiger partial charge in [-0.2, -0.15) is 0 Å². The molecule has 16 heavy (non-hydrogen) atoms. The van der Waals surface area contributed by atoms with Crippen LogP contribution in [0.1, 0.15) is 46.0 Å². The average molecular weight is 230 g/mol. The minimum Gasteiger partial charge on any atom is -0.443 e. The molecule has 1 aliphatic carbocycles. The highest BCUT2D eigenvalue weighted by molar-refractivity contribution is 5.66. The van der Waals surface area contributed by atoms with Crippen molar-refractivity contribution >= 4 is 6.09 Å². The molecule has 0 aromatic heterocycles. The second kappa shape index (κ2) is 5.67. The van der Waals surface area contributed by atoms with Crippen LogP contribution >= 0.6 is 0 Å². The number of hydrogen-bond donors (Lipinski definition) is 0. The standard InChI is InChI=1S/C10H18N2O4/c1-8(2)16-10(13)11(12(14)15)9-6-4-3-5-7-9/h8-9H,3-7H2,1-2H3. The third-order valence-electron chi connectivity index (χ3n) is 2.62. The quantitative estimate of drug-likeness (QED) is 0.551. The van der Waals surface area contributed by atoms with E-state index in [9.17, 15) is 14.9 Å². The van der Waals surface area contributed by atoms with Crippen LogP contribution in [0.15, 0.2) is 0 Å². The van der Waals surface area contributed by atoms with Crippen LogP contribution in [0.25, 0.3) is 0 Å². The first-order valence-corrected chi connectivity index (χ1v) is 5.66. The smallest absolute Gasteiger partial charge is 0.443 e. The summed E-state index contributed by atoms with van der Waals surface area (Å²) in [7, 11) is 0. The van der Waals surface area contributed by atoms with Crippen LogP contribution in [-0.2, 0) is 4.74 Å². The molecule has 0 aliphatic heterocycles. The van der Waals surface area contributed by atoms with Gasteiger partial charge >= 0.3 is 6.09 Å². The largest absolute Gasteiger partial charge is 0.468 e. The van der Waals surface area contributed by atoms with Gasteiger partial charge in [-0.3, -0.25) is 0 Å². The molecule has 1 amide bonds. The van der Waals surface area contributed by atoms with E-state index in [0.29, 0.717) is 17.9 Å². The molecule has 0 bridgehead atoms. The van der Waals surface area contributed by atoms with Crippen LogP contribution in [-0.4, -0.2) is 28.3 Å². The summed E-state index contributed by atoms with van der Waals surface area (Å²) in [5.41, 5.74) is 0. The van der Waals surface area contributed by atoms with Crippen molar-refractivity contribution in [1.82, 2.24) is 5.01 Å². The lowest BCUT2D eigenvalue weighted by Gasteiger charge is -2.25. The Balaban J connectivity index is 2.65. The van der Waals surface area contributed by atoms with Crippen molar-refractivity contribution in [2.45, 2.75) is 58.1 Å². The van der Waals surface area contributed by atoms with Crippen molar-refractivity contribution in [2.75, 3.05) is 0 Å². The Morgan fingerprint density at radius 3 is 2.38 bits per heavy atom. The number of carbonyl (C=O) groups is 1. The Labute approximate surface area is 94.7 Å². The van der Waals surface area contributed by atoms with Gasteiger partial charge in [0.2, 0.25) is 0 Å². The highest BCUT2D eigenvalue weighted by atomic mass is 16.7. The molecule has 6 nitrogen and oxygen atoms in total. The third-order valence-corrected chi connectivity index (χ3v) is 2.62. The van der Waals surface area contributed by atoms with Crippen LogP contribution in [0, 0.1) is 10.1 Å². The first-order valence-electron chi connectivity index (χ1n) is 5.66. The van der Waals surface area contributed by atoms with Crippen LogP contribution in [0.2, 0.25) is 0 Å². The van der Waals surface area contributed by atoms with E-state index < -0.39 is 11.1 Å². The van der Waals surface area contributed by atoms with Crippen LogP contribution in [0.5, 0.6) is 0 Å². The zero-order valence-electron chi connectivity index (χ0n) is 9.72. The number of nitrogens with zero attached hydrogens (tertiary/aromatic N) is 2. The Morgan fingerprint density at radius 2 is 1.94 bits per heavy atom. The molecule has 6 heteroatoms. The Hall–Kier alpha value is -1.33. The molecule has 0 radical (unpaired) electrons. The fraction of sp³-hybridized carbons (Fsp3) is 0.900. The summed E-state index contributed by atoms with van der Waals surface area (Å²) in [5, 5.41) is 10.9. The predicted molar refractivity (Wildman–Crippen MR) is 57.3 cm³/mol. The topological polar surface area (TPSA) is 72.7 Å². The van der Waals surface area contributed by atoms with Gasteiger partial charge in [0.05, 0.1) is 6.10 Å². The van der Waals surface area contributed by atoms with Crippen molar-refractivity contribution in [1.29, 1.82) is 0 Å². The normalized spacial score (nSPS) is 17.2. The number of carbonyl (C=O) groups excluding carboxylic acids is 1. The molecular weight excluding hydrogens is 212 g/mol. The average Bonchev–Trinajstić information content (AvgIpc) is 2.17. The lowest BCUT2D eigenvalue weighted by Crippen LogP contribution is -2.46. The van der Waals surface area contributed by atoms with Gasteiger partial charge in [-0.05, 0) is 31.7 Å². The summed E-state index contributed by atoms with van der Waals surface area (Å²) in [6, 6.07) is -0.310. The second-order valence-corrected chi connectivity index (χ2v) is 4.31. The van der Waals surface area contributed by atoms with Gasteiger partial charge in [0.1, 0.15) is 6.04 Å². The molecule has 0 heterocycles. The van der Waals surface area contributed by atoms with E-state index in [1.807, 2.05) is 0 Å². The highest BCUT2D eigenvalue weighted by Crippen LogP contribution is 2.23. The molecule has 0 aromatic carbocycles. The van der Waals surface area contributed by atoms with Gasteiger partial charge in [0, 0.05) is 0 Å². The molecule has 0 atom stereocenters. The molecule has 1 saturated carbocycles. The van der Waals surface area contributed by atoms with Crippen molar-refractivity contribution in [3.8, 4) is 0 Å². The van der Waals surface area contributed by atoms with Crippen molar-refractivity contribution in [2.24, 2.45) is 0 Å². The third kappa shape index (κ3) is 3.36. The first-order chi connectivity index (χ1) is 7.52. The van der Waals surface area contributed by atoms with E-state index >= 15 is 0 Å². The zero-order chi connectivity index (χ0) is 12.1. The molecule has 1 aliphatic rings. The number of nitro groups is 1. The summed E-state index contributed by atoms with van der Waals surface area (Å²) in [5.74, 6) is 0. The summed E-state index contributed by atoms with van der Waals surface area (Å²) in [6.07, 6.45) is 3.16. The molecule has 0 spiro atoms. The maximum Gasteiger partial charge on any atom is 0.468 e. The highest BCUT2D eigenvalue weighted by Gasteiger charge is 2.36. The molecular formula is C10H18N2O4. The van der Waals surface area contributed by atoms with E-state index in [4.69, 9.17) is 4.74 Å². The van der Waals surface area contributed by atoms with Crippen molar-refractivity contribution in [3.63, 3.8) is 0 Å². The zero-order valence-corrected chi connectivity index (χ0v) is 9.72. The maximum absolute atomic E-state index is 11.6. The van der Waals surface area contributed by atoms with E-state index in [1.54, 1.807) is 13.8 Å². The van der Waals surface area contributed by atoms with E-state index in [1.165, 1.54) is 0 Å². The van der Waals surface area contributed by atoms with Gasteiger partial charge in [0.25, 0.3) is 0 Å². The minimum absolute atomic E-state index is 0.310. The van der Waals surface area contributed by atoms with Gasteiger partial charge in [-0.25, -0.2) is 14.9 Å². The summed E-state index contributed by atoms with van der Waals surface area (Å²) in [6.45, 7) is 3.35. The predicted octanol–water partition coefficient (Wildman–Crippen LogP) is 2.36. The Morgan fingerprint density at radius 1 is 1.38 bits per heavy atom. The Bertz CT molecular complexity index is 262. The van der Waals surface area contributed by atoms with E-state index in [2.05, 4.69) is 0 Å². The number of ether oxygens (including phenoxy) is 1. The molecule has 1 fully saturated rings. The second-order valence-electron chi connectivity index (χ2n) is 4.31. The fourth-order valence-corrected chi connectivity index (χ4v) is 1.93. The van der Waals surface area contributed by atoms with Gasteiger partial charge in [-0.1, -0.05) is 19.3 Å². The van der Waals surface area contributed by atoms with E-state index in [0.717, 1.165) is 19.3 Å². The lowest BCUT2D eigenvalue weighted by atomic mass is 9.95. The molecule has 1 rings (SSSR count). The van der Waals surface area contributed by atoms with E-state index in [-0.39, 0.29) is 12.1 Å². The monoisotopic (exact) mass is 230 g/mol. The van der Waals surface area contributed by atoms with Crippen LogP contribution in [0.3, 0.4) is 0 Å². The molecule has 0 N–H and O–H groups in total. The Kier molecular flexibility index (Phi) is 4.52. The minimum atomic E-state index is -0.841. The number of rotatable bonds is 3. The van der Waals surface area contributed by atoms with Crippen LogP contribution in [0.4, 0.5) is 4.79 Å². The van der Waals surface area contributed by atoms with Gasteiger partial charge < -0.3 is 4.74 Å².